The monoisotopic (exact) mass is 514 g/mol. The topological polar surface area (TPSA) is 122 Å². The van der Waals surface area contributed by atoms with Crippen LogP contribution in [0.2, 0.25) is 0 Å². The molecule has 0 spiro atoms. The lowest BCUT2D eigenvalue weighted by atomic mass is 9.99. The number of nitrogens with zero attached hydrogens (tertiary/aromatic N) is 2. The minimum Gasteiger partial charge on any atom is -0.480 e. The van der Waals surface area contributed by atoms with E-state index < -0.39 is 23.9 Å². The van der Waals surface area contributed by atoms with Crippen molar-refractivity contribution in [2.24, 2.45) is 5.92 Å². The Bertz CT molecular complexity index is 1450. The molecule has 1 amide bonds. The Hall–Kier alpha value is -4.66. The minimum absolute atomic E-state index is 0.222. The number of nitrogens with one attached hydrogen (secondary N) is 2. The highest BCUT2D eigenvalue weighted by Gasteiger charge is 2.26. The summed E-state index contributed by atoms with van der Waals surface area (Å²) in [6.45, 7) is 4.21. The maximum Gasteiger partial charge on any atom is 0.337 e. The molecule has 196 valence electrons. The summed E-state index contributed by atoms with van der Waals surface area (Å²) in [5.41, 5.74) is 3.72. The number of carboxylic acid groups (broad SMARTS) is 1. The molecule has 0 bridgehead atoms. The zero-order valence-electron chi connectivity index (χ0n) is 21.5. The molecule has 9 heteroatoms. The molecule has 0 aliphatic rings. The number of methoxy groups -OCH3 is 1. The second-order valence-electron chi connectivity index (χ2n) is 9.04. The van der Waals surface area contributed by atoms with Gasteiger partial charge in [0.25, 0.3) is 5.91 Å². The van der Waals surface area contributed by atoms with Gasteiger partial charge in [-0.15, -0.1) is 0 Å². The van der Waals surface area contributed by atoms with E-state index in [1.54, 1.807) is 49.5 Å². The number of esters is 1. The van der Waals surface area contributed by atoms with Crippen molar-refractivity contribution < 1.29 is 24.2 Å². The van der Waals surface area contributed by atoms with Gasteiger partial charge in [0.1, 0.15) is 23.2 Å². The molecule has 9 nitrogen and oxygen atoms in total. The second kappa shape index (κ2) is 11.6. The van der Waals surface area contributed by atoms with Gasteiger partial charge in [0.2, 0.25) is 0 Å². The highest BCUT2D eigenvalue weighted by Crippen LogP contribution is 2.30. The van der Waals surface area contributed by atoms with Gasteiger partial charge in [0, 0.05) is 23.9 Å². The second-order valence-corrected chi connectivity index (χ2v) is 9.04. The molecule has 0 saturated heterocycles. The van der Waals surface area contributed by atoms with E-state index >= 15 is 0 Å². The first-order valence-electron chi connectivity index (χ1n) is 12.3. The van der Waals surface area contributed by atoms with Gasteiger partial charge in [0.05, 0.1) is 12.7 Å². The van der Waals surface area contributed by atoms with Gasteiger partial charge in [0.15, 0.2) is 0 Å². The summed E-state index contributed by atoms with van der Waals surface area (Å²) in [5, 5.41) is 15.6. The highest BCUT2D eigenvalue weighted by atomic mass is 16.5. The minimum atomic E-state index is -1.07. The van der Waals surface area contributed by atoms with E-state index in [-0.39, 0.29) is 5.92 Å². The van der Waals surface area contributed by atoms with Crippen molar-refractivity contribution in [1.82, 2.24) is 14.7 Å². The number of pyridine rings is 1. The van der Waals surface area contributed by atoms with Crippen molar-refractivity contribution in [3.8, 4) is 11.3 Å². The lowest BCUT2D eigenvalue weighted by Gasteiger charge is -2.20. The van der Waals surface area contributed by atoms with Crippen LogP contribution in [0.5, 0.6) is 0 Å². The number of hydrogen-bond acceptors (Lipinski definition) is 6. The smallest absolute Gasteiger partial charge is 0.337 e. The standard InChI is InChI=1S/C29H30N4O5/c1-4-18(2)24(28(35)36)32-27(34)22-14-15-33-23(16-22)31-25(20-10-12-21(13-11-20)29(37)38-3)26(33)30-17-19-8-6-5-7-9-19/h5-16,18,24,30H,4,17H2,1-3H3,(H,32,34)(H,35,36). The van der Waals surface area contributed by atoms with Crippen molar-refractivity contribution in [2.45, 2.75) is 32.9 Å². The molecule has 2 unspecified atom stereocenters. The molecule has 0 aliphatic heterocycles. The van der Waals surface area contributed by atoms with Crippen LogP contribution in [0.4, 0.5) is 5.82 Å². The van der Waals surface area contributed by atoms with Crippen LogP contribution >= 0.6 is 0 Å². The number of ether oxygens (including phenoxy) is 1. The average Bonchev–Trinajstić information content (AvgIpc) is 3.32. The van der Waals surface area contributed by atoms with Crippen molar-refractivity contribution >= 4 is 29.3 Å². The fourth-order valence-electron chi connectivity index (χ4n) is 4.13. The third-order valence-electron chi connectivity index (χ3n) is 6.54. The number of carbonyl (C=O) groups is 3. The summed E-state index contributed by atoms with van der Waals surface area (Å²) in [4.78, 5) is 41.3. The van der Waals surface area contributed by atoms with Crippen LogP contribution in [0.15, 0.2) is 72.9 Å². The van der Waals surface area contributed by atoms with Gasteiger partial charge in [-0.2, -0.15) is 0 Å². The Morgan fingerprint density at radius 2 is 1.74 bits per heavy atom. The van der Waals surface area contributed by atoms with Gasteiger partial charge in [-0.1, -0.05) is 62.7 Å². The first-order chi connectivity index (χ1) is 18.3. The third-order valence-corrected chi connectivity index (χ3v) is 6.54. The number of carboxylic acids is 1. The predicted molar refractivity (Wildman–Crippen MR) is 144 cm³/mol. The first-order valence-corrected chi connectivity index (χ1v) is 12.3. The van der Waals surface area contributed by atoms with Crippen molar-refractivity contribution in [2.75, 3.05) is 12.4 Å². The molecule has 4 rings (SSSR count). The van der Waals surface area contributed by atoms with Gasteiger partial charge < -0.3 is 20.5 Å². The van der Waals surface area contributed by atoms with Crippen LogP contribution in [0.1, 0.15) is 46.5 Å². The Balaban J connectivity index is 1.71. The Kier molecular flexibility index (Phi) is 8.06. The number of hydrogen-bond donors (Lipinski definition) is 3. The van der Waals surface area contributed by atoms with Crippen LogP contribution < -0.4 is 10.6 Å². The number of aliphatic carboxylic acids is 1. The highest BCUT2D eigenvalue weighted by molar-refractivity contribution is 5.97. The van der Waals surface area contributed by atoms with E-state index in [0.717, 1.165) is 11.1 Å². The number of fused-ring (bicyclic) bond motifs is 1. The van der Waals surface area contributed by atoms with Crippen molar-refractivity contribution in [3.63, 3.8) is 0 Å². The van der Waals surface area contributed by atoms with Crippen LogP contribution in [0.3, 0.4) is 0 Å². The average molecular weight is 515 g/mol. The molecule has 0 fully saturated rings. The van der Waals surface area contributed by atoms with Crippen LogP contribution in [0.25, 0.3) is 16.9 Å². The van der Waals surface area contributed by atoms with Crippen molar-refractivity contribution in [3.05, 3.63) is 89.6 Å². The Labute approximate surface area is 220 Å². The molecule has 4 aromatic rings. The molecule has 0 radical (unpaired) electrons. The third kappa shape index (κ3) is 5.67. The lowest BCUT2D eigenvalue weighted by molar-refractivity contribution is -0.140. The summed E-state index contributed by atoms with van der Waals surface area (Å²) >= 11 is 0. The zero-order chi connectivity index (χ0) is 27.2. The number of aromatic nitrogens is 2. The fourth-order valence-corrected chi connectivity index (χ4v) is 4.13. The van der Waals surface area contributed by atoms with E-state index in [0.29, 0.717) is 41.3 Å². The maximum atomic E-state index is 13.0. The number of anilines is 1. The van der Waals surface area contributed by atoms with Crippen molar-refractivity contribution in [1.29, 1.82) is 0 Å². The first kappa shape index (κ1) is 26.4. The summed E-state index contributed by atoms with van der Waals surface area (Å²) in [6.07, 6.45) is 2.35. The molecule has 0 aliphatic carbocycles. The Morgan fingerprint density at radius 3 is 2.37 bits per heavy atom. The quantitative estimate of drug-likeness (QED) is 0.264. The molecule has 2 aromatic carbocycles. The van der Waals surface area contributed by atoms with Gasteiger partial charge in [-0.05, 0) is 35.7 Å². The molecule has 2 atom stereocenters. The van der Waals surface area contributed by atoms with E-state index in [1.807, 2.05) is 41.7 Å². The molecule has 2 aromatic heterocycles. The van der Waals surface area contributed by atoms with E-state index in [9.17, 15) is 19.5 Å². The normalized spacial score (nSPS) is 12.5. The lowest BCUT2D eigenvalue weighted by Crippen LogP contribution is -2.45. The van der Waals surface area contributed by atoms with E-state index in [4.69, 9.17) is 9.72 Å². The van der Waals surface area contributed by atoms with Crippen LogP contribution in [0, 0.1) is 5.92 Å². The van der Waals surface area contributed by atoms with E-state index in [1.165, 1.54) is 7.11 Å². The summed E-state index contributed by atoms with van der Waals surface area (Å²) < 4.78 is 6.63. The number of carbonyl (C=O) groups excluding carboxylic acids is 2. The molecule has 38 heavy (non-hydrogen) atoms. The van der Waals surface area contributed by atoms with Crippen LogP contribution in [-0.4, -0.2) is 45.5 Å². The molecule has 0 saturated carbocycles. The number of imidazole rings is 1. The SMILES string of the molecule is CCC(C)C(NC(=O)c1ccn2c(NCc3ccccc3)c(-c3ccc(C(=O)OC)cc3)nc2c1)C(=O)O. The maximum absolute atomic E-state index is 13.0. The molecular weight excluding hydrogens is 484 g/mol. The summed E-state index contributed by atoms with van der Waals surface area (Å²) in [6, 6.07) is 19.1. The largest absolute Gasteiger partial charge is 0.480 e. The Morgan fingerprint density at radius 1 is 1.03 bits per heavy atom. The summed E-state index contributed by atoms with van der Waals surface area (Å²) in [7, 11) is 1.33. The number of benzene rings is 2. The van der Waals surface area contributed by atoms with Gasteiger partial charge in [-0.25, -0.2) is 14.6 Å². The fraction of sp³-hybridized carbons (Fsp3) is 0.241. The summed E-state index contributed by atoms with van der Waals surface area (Å²) in [5.74, 6) is -1.49. The molecular formula is C29H30N4O5. The number of amides is 1. The molecule has 3 N–H and O–H groups in total. The predicted octanol–water partition coefficient (Wildman–Crippen LogP) is 4.63. The van der Waals surface area contributed by atoms with Gasteiger partial charge >= 0.3 is 11.9 Å². The van der Waals surface area contributed by atoms with E-state index in [2.05, 4.69) is 10.6 Å². The molecule has 2 heterocycles. The number of rotatable bonds is 10. The zero-order valence-corrected chi connectivity index (χ0v) is 21.5. The van der Waals surface area contributed by atoms with Crippen LogP contribution in [-0.2, 0) is 16.1 Å². The van der Waals surface area contributed by atoms with Gasteiger partial charge in [-0.3, -0.25) is 9.20 Å².